The van der Waals surface area contributed by atoms with Crippen molar-refractivity contribution in [1.29, 1.82) is 0 Å². The predicted octanol–water partition coefficient (Wildman–Crippen LogP) is 1.86. The van der Waals surface area contributed by atoms with Crippen molar-refractivity contribution >= 4 is 11.3 Å². The molecule has 2 heterocycles. The van der Waals surface area contributed by atoms with Gasteiger partial charge in [0.05, 0.1) is 11.4 Å². The first kappa shape index (κ1) is 13.1. The van der Waals surface area contributed by atoms with Gasteiger partial charge in [0, 0.05) is 31.2 Å². The molecule has 0 radical (unpaired) electrons. The van der Waals surface area contributed by atoms with E-state index in [4.69, 9.17) is 0 Å². The van der Waals surface area contributed by atoms with E-state index in [1.54, 1.807) is 17.5 Å². The summed E-state index contributed by atoms with van der Waals surface area (Å²) < 4.78 is 0. The van der Waals surface area contributed by atoms with Gasteiger partial charge < -0.3 is 5.32 Å². The van der Waals surface area contributed by atoms with Crippen LogP contribution in [0.15, 0.2) is 29.8 Å². The summed E-state index contributed by atoms with van der Waals surface area (Å²) in [5.41, 5.74) is 2.06. The van der Waals surface area contributed by atoms with Crippen LogP contribution in [0.2, 0.25) is 0 Å². The van der Waals surface area contributed by atoms with Crippen LogP contribution >= 0.6 is 11.3 Å². The van der Waals surface area contributed by atoms with Crippen LogP contribution < -0.4 is 5.32 Å². The third-order valence-corrected chi connectivity index (χ3v) is 3.52. The average Bonchev–Trinajstić information content (AvgIpc) is 2.86. The first-order valence-corrected chi connectivity index (χ1v) is 6.86. The maximum Gasteiger partial charge on any atom is 0.142 e. The number of rotatable bonds is 6. The summed E-state index contributed by atoms with van der Waals surface area (Å²) in [6, 6.07) is 5.90. The Hall–Kier alpha value is -1.30. The third-order valence-electron chi connectivity index (χ3n) is 2.61. The van der Waals surface area contributed by atoms with Crippen LogP contribution in [0.4, 0.5) is 0 Å². The molecular weight excluding hydrogens is 244 g/mol. The average molecular weight is 262 g/mol. The van der Waals surface area contributed by atoms with E-state index in [0.29, 0.717) is 0 Å². The molecule has 0 aliphatic rings. The van der Waals surface area contributed by atoms with Crippen LogP contribution in [0.5, 0.6) is 0 Å². The molecule has 0 amide bonds. The topological polar surface area (TPSA) is 41.0 Å². The molecule has 0 saturated heterocycles. The fraction of sp³-hybridized carbons (Fsp3) is 0.385. The van der Waals surface area contributed by atoms with Gasteiger partial charge in [-0.2, -0.15) is 0 Å². The van der Waals surface area contributed by atoms with Crippen molar-refractivity contribution in [2.75, 3.05) is 27.2 Å². The summed E-state index contributed by atoms with van der Waals surface area (Å²) in [7, 11) is 4.08. The molecule has 0 saturated carbocycles. The number of likely N-dealkylation sites (N-methyl/N-ethyl adjacent to an activating group) is 2. The highest BCUT2D eigenvalue weighted by Crippen LogP contribution is 2.21. The molecule has 0 spiro atoms. The summed E-state index contributed by atoms with van der Waals surface area (Å²) in [6.45, 7) is 2.89. The van der Waals surface area contributed by atoms with Gasteiger partial charge in [0.1, 0.15) is 5.01 Å². The molecular formula is C13H18N4S. The van der Waals surface area contributed by atoms with Crippen molar-refractivity contribution in [2.45, 2.75) is 6.54 Å². The van der Waals surface area contributed by atoms with Gasteiger partial charge in [0.15, 0.2) is 0 Å². The minimum Gasteiger partial charge on any atom is -0.318 e. The molecule has 0 aliphatic carbocycles. The third kappa shape index (κ3) is 3.60. The molecule has 5 heteroatoms. The maximum atomic E-state index is 4.62. The molecule has 0 aromatic carbocycles. The number of nitrogens with zero attached hydrogens (tertiary/aromatic N) is 3. The number of nitrogens with one attached hydrogen (secondary N) is 1. The summed E-state index contributed by atoms with van der Waals surface area (Å²) in [6.07, 6.45) is 1.80. The zero-order valence-electron chi connectivity index (χ0n) is 10.8. The molecule has 0 bridgehead atoms. The molecule has 96 valence electrons. The van der Waals surface area contributed by atoms with Gasteiger partial charge in [-0.25, -0.2) is 4.98 Å². The molecule has 0 fully saturated rings. The maximum absolute atomic E-state index is 4.62. The van der Waals surface area contributed by atoms with Crippen LogP contribution in [0, 0.1) is 0 Å². The van der Waals surface area contributed by atoms with Crippen LogP contribution in [0.3, 0.4) is 0 Å². The van der Waals surface area contributed by atoms with Crippen LogP contribution in [-0.2, 0) is 6.54 Å². The molecule has 2 rings (SSSR count). The van der Waals surface area contributed by atoms with Crippen molar-refractivity contribution in [3.63, 3.8) is 0 Å². The molecule has 2 aromatic rings. The van der Waals surface area contributed by atoms with Gasteiger partial charge in [0.2, 0.25) is 0 Å². The van der Waals surface area contributed by atoms with Gasteiger partial charge >= 0.3 is 0 Å². The fourth-order valence-electron chi connectivity index (χ4n) is 1.64. The Balaban J connectivity index is 1.98. The number of thiazole rings is 1. The van der Waals surface area contributed by atoms with Crippen LogP contribution in [0.25, 0.3) is 10.7 Å². The van der Waals surface area contributed by atoms with Crippen molar-refractivity contribution in [3.05, 3.63) is 35.5 Å². The number of hydrogen-bond donors (Lipinski definition) is 1. The highest BCUT2D eigenvalue weighted by atomic mass is 32.1. The Labute approximate surface area is 112 Å². The molecule has 0 unspecified atom stereocenters. The zero-order chi connectivity index (χ0) is 12.8. The van der Waals surface area contributed by atoms with E-state index in [1.165, 1.54) is 0 Å². The van der Waals surface area contributed by atoms with Crippen LogP contribution in [0.1, 0.15) is 5.69 Å². The van der Waals surface area contributed by atoms with Gasteiger partial charge in [-0.05, 0) is 26.2 Å². The smallest absolute Gasteiger partial charge is 0.142 e. The van der Waals surface area contributed by atoms with Gasteiger partial charge in [0.25, 0.3) is 0 Å². The van der Waals surface area contributed by atoms with E-state index in [0.717, 1.165) is 36.0 Å². The normalized spacial score (nSPS) is 11.1. The second-order valence-corrected chi connectivity index (χ2v) is 5.06. The monoisotopic (exact) mass is 262 g/mol. The lowest BCUT2D eigenvalue weighted by molar-refractivity contribution is 0.325. The van der Waals surface area contributed by atoms with Gasteiger partial charge in [-0.15, -0.1) is 11.3 Å². The SMILES string of the molecule is CNCCN(C)Cc1csc(-c2ccccn2)n1. The lowest BCUT2D eigenvalue weighted by atomic mass is 10.3. The van der Waals surface area contributed by atoms with E-state index in [2.05, 4.69) is 32.6 Å². The molecule has 0 aliphatic heterocycles. The Morgan fingerprint density at radius 3 is 3.00 bits per heavy atom. The van der Waals surface area contributed by atoms with E-state index < -0.39 is 0 Å². The highest BCUT2D eigenvalue weighted by Gasteiger charge is 2.07. The fourth-order valence-corrected chi connectivity index (χ4v) is 2.43. The van der Waals surface area contributed by atoms with Crippen LogP contribution in [-0.4, -0.2) is 42.1 Å². The first-order chi connectivity index (χ1) is 8.79. The minimum absolute atomic E-state index is 0.880. The van der Waals surface area contributed by atoms with E-state index >= 15 is 0 Å². The Morgan fingerprint density at radius 1 is 1.39 bits per heavy atom. The quantitative estimate of drug-likeness (QED) is 0.862. The molecule has 1 N–H and O–H groups in total. The van der Waals surface area contributed by atoms with Crippen molar-refractivity contribution in [1.82, 2.24) is 20.2 Å². The summed E-state index contributed by atoms with van der Waals surface area (Å²) in [5.74, 6) is 0. The number of hydrogen-bond acceptors (Lipinski definition) is 5. The summed E-state index contributed by atoms with van der Waals surface area (Å²) in [5, 5.41) is 6.25. The Kier molecular flexibility index (Phi) is 4.81. The Bertz CT molecular complexity index is 469. The second-order valence-electron chi connectivity index (χ2n) is 4.20. The van der Waals surface area contributed by atoms with E-state index in [1.807, 2.05) is 25.2 Å². The van der Waals surface area contributed by atoms with Gasteiger partial charge in [-0.3, -0.25) is 9.88 Å². The number of aromatic nitrogens is 2. The number of pyridine rings is 1. The minimum atomic E-state index is 0.880. The Morgan fingerprint density at radius 2 is 2.28 bits per heavy atom. The predicted molar refractivity (Wildman–Crippen MR) is 75.6 cm³/mol. The van der Waals surface area contributed by atoms with Crippen molar-refractivity contribution < 1.29 is 0 Å². The standard InChI is InChI=1S/C13H18N4S/c1-14-7-8-17(2)9-11-10-18-13(16-11)12-5-3-4-6-15-12/h3-6,10,14H,7-9H2,1-2H3. The van der Waals surface area contributed by atoms with E-state index in [-0.39, 0.29) is 0 Å². The molecule has 0 atom stereocenters. The zero-order valence-corrected chi connectivity index (χ0v) is 11.6. The summed E-state index contributed by atoms with van der Waals surface area (Å²) in [4.78, 5) is 11.2. The van der Waals surface area contributed by atoms with Crippen molar-refractivity contribution in [2.24, 2.45) is 0 Å². The molecule has 2 aromatic heterocycles. The second kappa shape index (κ2) is 6.58. The lowest BCUT2D eigenvalue weighted by Gasteiger charge is -2.14. The first-order valence-electron chi connectivity index (χ1n) is 5.98. The van der Waals surface area contributed by atoms with E-state index in [9.17, 15) is 0 Å². The largest absolute Gasteiger partial charge is 0.318 e. The molecule has 4 nitrogen and oxygen atoms in total. The van der Waals surface area contributed by atoms with Gasteiger partial charge in [-0.1, -0.05) is 6.07 Å². The molecule has 18 heavy (non-hydrogen) atoms. The van der Waals surface area contributed by atoms with Crippen molar-refractivity contribution in [3.8, 4) is 10.7 Å². The lowest BCUT2D eigenvalue weighted by Crippen LogP contribution is -2.27. The highest BCUT2D eigenvalue weighted by molar-refractivity contribution is 7.13. The summed E-state index contributed by atoms with van der Waals surface area (Å²) >= 11 is 1.65.